The highest BCUT2D eigenvalue weighted by Crippen LogP contribution is 2.37. The number of terminal acetylenes is 1. The van der Waals surface area contributed by atoms with Gasteiger partial charge < -0.3 is 10.2 Å². The molecule has 1 N–H and O–H groups in total. The number of nitrogens with zero attached hydrogens (tertiary/aromatic N) is 5. The number of halogens is 2. The smallest absolute Gasteiger partial charge is 0.316 e. The van der Waals surface area contributed by atoms with E-state index in [0.29, 0.717) is 29.2 Å². The fraction of sp³-hybridized carbons (Fsp3) is 0.233. The summed E-state index contributed by atoms with van der Waals surface area (Å²) >= 11 is 0. The van der Waals surface area contributed by atoms with E-state index < -0.39 is 23.4 Å². The maximum Gasteiger partial charge on any atom is 0.316 e. The molecule has 40 heavy (non-hydrogen) atoms. The number of nitrogens with one attached hydrogen (secondary N) is 1. The van der Waals surface area contributed by atoms with Gasteiger partial charge in [-0.25, -0.2) is 4.98 Å². The Labute approximate surface area is 231 Å². The van der Waals surface area contributed by atoms with Gasteiger partial charge in [0, 0.05) is 35.2 Å². The SMILES string of the molecule is C#Cc1cccc(NC(=O)c2cnn3c2C(=O)N(c2ccc(C(F)(F)c4nc(C)cnc4C)cc2)CC3)c1.CC. The van der Waals surface area contributed by atoms with E-state index in [9.17, 15) is 9.59 Å². The molecule has 0 aliphatic carbocycles. The summed E-state index contributed by atoms with van der Waals surface area (Å²) in [5, 5.41) is 6.93. The van der Waals surface area contributed by atoms with Crippen LogP contribution in [0, 0.1) is 26.2 Å². The molecule has 0 saturated carbocycles. The second kappa shape index (κ2) is 11.5. The number of aryl methyl sites for hydroxylation is 2. The molecule has 204 valence electrons. The molecule has 0 bridgehead atoms. The Morgan fingerprint density at radius 3 is 2.50 bits per heavy atom. The molecule has 5 rings (SSSR count). The van der Waals surface area contributed by atoms with Gasteiger partial charge in [-0.05, 0) is 44.2 Å². The Morgan fingerprint density at radius 2 is 1.80 bits per heavy atom. The first kappa shape index (κ1) is 28.1. The van der Waals surface area contributed by atoms with Crippen LogP contribution in [0.1, 0.15) is 62.9 Å². The molecule has 2 aromatic carbocycles. The topological polar surface area (TPSA) is 93.0 Å². The van der Waals surface area contributed by atoms with Crippen LogP contribution in [0.25, 0.3) is 0 Å². The highest BCUT2D eigenvalue weighted by molar-refractivity contribution is 6.15. The van der Waals surface area contributed by atoms with Crippen LogP contribution in [-0.4, -0.2) is 38.1 Å². The third-order valence-corrected chi connectivity index (χ3v) is 6.27. The van der Waals surface area contributed by atoms with Gasteiger partial charge in [-0.2, -0.15) is 13.9 Å². The van der Waals surface area contributed by atoms with Gasteiger partial charge in [0.1, 0.15) is 11.4 Å². The molecule has 1 aliphatic rings. The summed E-state index contributed by atoms with van der Waals surface area (Å²) in [5.74, 6) is -1.84. The van der Waals surface area contributed by atoms with Crippen LogP contribution in [0.4, 0.5) is 20.2 Å². The first-order valence-corrected chi connectivity index (χ1v) is 12.7. The van der Waals surface area contributed by atoms with E-state index >= 15 is 8.78 Å². The van der Waals surface area contributed by atoms with Crippen molar-refractivity contribution in [2.24, 2.45) is 0 Å². The molecule has 10 heteroatoms. The Bertz CT molecular complexity index is 1610. The van der Waals surface area contributed by atoms with E-state index in [-0.39, 0.29) is 29.1 Å². The molecular weight excluding hydrogens is 514 g/mol. The van der Waals surface area contributed by atoms with Crippen LogP contribution >= 0.6 is 0 Å². The van der Waals surface area contributed by atoms with Crippen LogP contribution in [0.2, 0.25) is 0 Å². The van der Waals surface area contributed by atoms with Gasteiger partial charge in [0.2, 0.25) is 0 Å². The van der Waals surface area contributed by atoms with Crippen molar-refractivity contribution < 1.29 is 18.4 Å². The number of alkyl halides is 2. The number of hydrogen-bond acceptors (Lipinski definition) is 5. The van der Waals surface area contributed by atoms with Gasteiger partial charge in [-0.3, -0.25) is 19.3 Å². The number of rotatable bonds is 5. The van der Waals surface area contributed by atoms with E-state index in [4.69, 9.17) is 6.42 Å². The summed E-state index contributed by atoms with van der Waals surface area (Å²) in [6, 6.07) is 12.2. The number of carbonyl (C=O) groups is 2. The molecule has 8 nitrogen and oxygen atoms in total. The van der Waals surface area contributed by atoms with Gasteiger partial charge in [0.15, 0.2) is 0 Å². The lowest BCUT2D eigenvalue weighted by Gasteiger charge is -2.28. The normalized spacial score (nSPS) is 12.6. The van der Waals surface area contributed by atoms with Crippen molar-refractivity contribution in [3.63, 3.8) is 0 Å². The Morgan fingerprint density at radius 1 is 1.07 bits per heavy atom. The fourth-order valence-corrected chi connectivity index (χ4v) is 4.32. The molecule has 2 amide bonds. The third-order valence-electron chi connectivity index (χ3n) is 6.27. The number of aromatic nitrogens is 4. The number of amides is 2. The maximum atomic E-state index is 15.3. The van der Waals surface area contributed by atoms with E-state index in [1.807, 2.05) is 13.8 Å². The highest BCUT2D eigenvalue weighted by Gasteiger charge is 2.38. The standard InChI is InChI=1S/C28H22F2N6O2.C2H6/c1-4-19-6-5-7-21(14-19)34-26(37)23-16-32-36-13-12-35(27(38)24(23)36)22-10-8-20(9-11-22)28(29,30)25-18(3)31-15-17(2)33-25;1-2/h1,5-11,14-16H,12-13H2,2-3H3,(H,34,37);1-2H3. The average Bonchev–Trinajstić information content (AvgIpc) is 3.41. The lowest BCUT2D eigenvalue weighted by Crippen LogP contribution is -2.41. The van der Waals surface area contributed by atoms with Gasteiger partial charge in [-0.1, -0.05) is 38.0 Å². The zero-order valence-electron chi connectivity index (χ0n) is 22.6. The Balaban J connectivity index is 0.00000181. The molecule has 0 spiro atoms. The minimum atomic E-state index is -3.37. The Hall–Kier alpha value is -4.91. The van der Waals surface area contributed by atoms with Crippen molar-refractivity contribution in [2.45, 2.75) is 40.2 Å². The zero-order valence-corrected chi connectivity index (χ0v) is 22.6. The van der Waals surface area contributed by atoms with Crippen molar-refractivity contribution in [1.29, 1.82) is 0 Å². The lowest BCUT2D eigenvalue weighted by atomic mass is 10.0. The summed E-state index contributed by atoms with van der Waals surface area (Å²) in [6.07, 6.45) is 8.20. The molecule has 0 radical (unpaired) electrons. The van der Waals surface area contributed by atoms with E-state index in [2.05, 4.69) is 26.3 Å². The van der Waals surface area contributed by atoms with Crippen molar-refractivity contribution in [2.75, 3.05) is 16.8 Å². The van der Waals surface area contributed by atoms with Crippen molar-refractivity contribution in [3.8, 4) is 12.3 Å². The van der Waals surface area contributed by atoms with Gasteiger partial charge in [0.25, 0.3) is 11.8 Å². The van der Waals surface area contributed by atoms with Gasteiger partial charge >= 0.3 is 5.92 Å². The number of hydrogen-bond donors (Lipinski definition) is 1. The summed E-state index contributed by atoms with van der Waals surface area (Å²) < 4.78 is 32.0. The van der Waals surface area contributed by atoms with E-state index in [0.717, 1.165) is 0 Å². The second-order valence-electron chi connectivity index (χ2n) is 8.83. The van der Waals surface area contributed by atoms with Gasteiger partial charge in [0.05, 0.1) is 29.7 Å². The Kier molecular flexibility index (Phi) is 8.05. The fourth-order valence-electron chi connectivity index (χ4n) is 4.32. The number of benzene rings is 2. The largest absolute Gasteiger partial charge is 0.322 e. The molecule has 2 aromatic heterocycles. The van der Waals surface area contributed by atoms with Crippen molar-refractivity contribution in [3.05, 3.63) is 100 Å². The molecular formula is C30H28F2N6O2. The number of fused-ring (bicyclic) bond motifs is 1. The lowest BCUT2D eigenvalue weighted by molar-refractivity contribution is 0.0366. The quantitative estimate of drug-likeness (QED) is 0.343. The number of anilines is 2. The summed E-state index contributed by atoms with van der Waals surface area (Å²) in [6.45, 7) is 7.68. The monoisotopic (exact) mass is 542 g/mol. The van der Waals surface area contributed by atoms with Crippen LogP contribution in [0.5, 0.6) is 0 Å². The molecule has 4 aromatic rings. The molecule has 0 unspecified atom stereocenters. The highest BCUT2D eigenvalue weighted by atomic mass is 19.3. The average molecular weight is 543 g/mol. The van der Waals surface area contributed by atoms with E-state index in [1.165, 1.54) is 53.2 Å². The predicted octanol–water partition coefficient (Wildman–Crippen LogP) is 5.35. The van der Waals surface area contributed by atoms with E-state index in [1.54, 1.807) is 31.2 Å². The number of carbonyl (C=O) groups excluding carboxylic acids is 2. The van der Waals surface area contributed by atoms with Crippen LogP contribution in [0.15, 0.2) is 60.9 Å². The van der Waals surface area contributed by atoms with Crippen LogP contribution < -0.4 is 10.2 Å². The second-order valence-corrected chi connectivity index (χ2v) is 8.83. The van der Waals surface area contributed by atoms with Crippen LogP contribution in [-0.2, 0) is 12.5 Å². The maximum absolute atomic E-state index is 15.3. The molecule has 0 saturated heterocycles. The summed E-state index contributed by atoms with van der Waals surface area (Å²) in [5.41, 5.74) is 1.56. The van der Waals surface area contributed by atoms with Crippen LogP contribution in [0.3, 0.4) is 0 Å². The third kappa shape index (κ3) is 5.31. The summed E-state index contributed by atoms with van der Waals surface area (Å²) in [7, 11) is 0. The first-order valence-electron chi connectivity index (χ1n) is 12.7. The molecule has 3 heterocycles. The van der Waals surface area contributed by atoms with Crippen molar-refractivity contribution >= 4 is 23.2 Å². The zero-order chi connectivity index (χ0) is 29.0. The molecule has 0 atom stereocenters. The van der Waals surface area contributed by atoms with Crippen molar-refractivity contribution in [1.82, 2.24) is 19.7 Å². The molecule has 1 aliphatic heterocycles. The van der Waals surface area contributed by atoms with Gasteiger partial charge in [-0.15, -0.1) is 6.42 Å². The minimum Gasteiger partial charge on any atom is -0.322 e. The first-order chi connectivity index (χ1) is 19.2. The molecule has 0 fully saturated rings. The minimum absolute atomic E-state index is 0.0995. The summed E-state index contributed by atoms with van der Waals surface area (Å²) in [4.78, 5) is 35.9. The predicted molar refractivity (Wildman–Crippen MR) is 149 cm³/mol.